The summed E-state index contributed by atoms with van der Waals surface area (Å²) in [6.07, 6.45) is 4.32. The molecule has 1 aliphatic rings. The van der Waals surface area contributed by atoms with Crippen molar-refractivity contribution >= 4 is 15.7 Å². The Kier molecular flexibility index (Phi) is 4.70. The number of hydrogen-bond acceptors (Lipinski definition) is 3. The molecule has 0 aromatic heterocycles. The van der Waals surface area contributed by atoms with Crippen molar-refractivity contribution in [1.29, 1.82) is 0 Å². The van der Waals surface area contributed by atoms with Crippen molar-refractivity contribution in [3.8, 4) is 0 Å². The third-order valence-electron chi connectivity index (χ3n) is 4.38. The first-order valence-corrected chi connectivity index (χ1v) is 8.80. The molecule has 4 nitrogen and oxygen atoms in total. The smallest absolute Gasteiger partial charge is 0.240 e. The summed E-state index contributed by atoms with van der Waals surface area (Å²) in [5.74, 6) is 1.06. The first-order valence-electron chi connectivity index (χ1n) is 7.32. The van der Waals surface area contributed by atoms with Crippen LogP contribution in [0.1, 0.15) is 38.7 Å². The Bertz CT molecular complexity index is 569. The van der Waals surface area contributed by atoms with Gasteiger partial charge in [-0.2, -0.15) is 0 Å². The van der Waals surface area contributed by atoms with Crippen molar-refractivity contribution in [1.82, 2.24) is 4.72 Å². The minimum atomic E-state index is -3.45. The predicted octanol–water partition coefficient (Wildman–Crippen LogP) is 2.55. The number of hydrogen-bond donors (Lipinski definition) is 2. The summed E-state index contributed by atoms with van der Waals surface area (Å²) in [4.78, 5) is 0.262. The molecular weight excluding hydrogens is 272 g/mol. The van der Waals surface area contributed by atoms with E-state index in [9.17, 15) is 8.42 Å². The SMILES string of the molecule is CCc1ccc(S(=O)(=O)NCC2CCCC2C)cc1N. The highest BCUT2D eigenvalue weighted by atomic mass is 32.2. The van der Waals surface area contributed by atoms with E-state index >= 15 is 0 Å². The average molecular weight is 296 g/mol. The van der Waals surface area contributed by atoms with Gasteiger partial charge in [0.1, 0.15) is 0 Å². The molecule has 0 heterocycles. The second kappa shape index (κ2) is 6.14. The van der Waals surface area contributed by atoms with Crippen molar-refractivity contribution in [2.45, 2.75) is 44.4 Å². The Morgan fingerprint density at radius 2 is 2.10 bits per heavy atom. The topological polar surface area (TPSA) is 72.2 Å². The van der Waals surface area contributed by atoms with E-state index in [0.717, 1.165) is 18.4 Å². The lowest BCUT2D eigenvalue weighted by Crippen LogP contribution is -2.30. The molecule has 2 rings (SSSR count). The van der Waals surface area contributed by atoms with Gasteiger partial charge in [0.2, 0.25) is 10.0 Å². The molecule has 20 heavy (non-hydrogen) atoms. The molecule has 0 radical (unpaired) electrons. The number of sulfonamides is 1. The summed E-state index contributed by atoms with van der Waals surface area (Å²) in [6, 6.07) is 4.98. The van der Waals surface area contributed by atoms with Crippen molar-refractivity contribution in [2.75, 3.05) is 12.3 Å². The van der Waals surface area contributed by atoms with Crippen LogP contribution in [-0.2, 0) is 16.4 Å². The van der Waals surface area contributed by atoms with E-state index in [4.69, 9.17) is 5.73 Å². The summed E-state index contributed by atoms with van der Waals surface area (Å²) >= 11 is 0. The van der Waals surface area contributed by atoms with E-state index in [2.05, 4.69) is 11.6 Å². The van der Waals surface area contributed by atoms with Gasteiger partial charge >= 0.3 is 0 Å². The molecule has 1 aromatic rings. The number of anilines is 1. The molecule has 2 atom stereocenters. The van der Waals surface area contributed by atoms with Gasteiger partial charge in [-0.15, -0.1) is 0 Å². The lowest BCUT2D eigenvalue weighted by molar-refractivity contribution is 0.414. The maximum atomic E-state index is 12.3. The molecule has 1 fully saturated rings. The van der Waals surface area contributed by atoms with Gasteiger partial charge in [-0.1, -0.05) is 32.8 Å². The summed E-state index contributed by atoms with van der Waals surface area (Å²) in [7, 11) is -3.45. The molecule has 0 amide bonds. The van der Waals surface area contributed by atoms with E-state index in [0.29, 0.717) is 24.1 Å². The van der Waals surface area contributed by atoms with Gasteiger partial charge in [0.05, 0.1) is 4.90 Å². The first kappa shape index (κ1) is 15.3. The van der Waals surface area contributed by atoms with Gasteiger partial charge in [-0.05, 0) is 42.4 Å². The van der Waals surface area contributed by atoms with Crippen molar-refractivity contribution in [3.63, 3.8) is 0 Å². The Morgan fingerprint density at radius 1 is 1.35 bits per heavy atom. The van der Waals surface area contributed by atoms with E-state index in [1.54, 1.807) is 18.2 Å². The molecule has 0 aliphatic heterocycles. The van der Waals surface area contributed by atoms with Gasteiger partial charge < -0.3 is 5.73 Å². The number of aryl methyl sites for hydroxylation is 1. The van der Waals surface area contributed by atoms with Gasteiger partial charge in [0.25, 0.3) is 0 Å². The summed E-state index contributed by atoms with van der Waals surface area (Å²) < 4.78 is 27.3. The molecular formula is C15H24N2O2S. The predicted molar refractivity (Wildman–Crippen MR) is 81.9 cm³/mol. The maximum absolute atomic E-state index is 12.3. The van der Waals surface area contributed by atoms with Crippen LogP contribution >= 0.6 is 0 Å². The van der Waals surface area contributed by atoms with E-state index in [1.165, 1.54) is 12.8 Å². The quantitative estimate of drug-likeness (QED) is 0.820. The highest BCUT2D eigenvalue weighted by molar-refractivity contribution is 7.89. The lowest BCUT2D eigenvalue weighted by Gasteiger charge is -2.16. The second-order valence-electron chi connectivity index (χ2n) is 5.73. The molecule has 1 aliphatic carbocycles. The summed E-state index contributed by atoms with van der Waals surface area (Å²) in [6.45, 7) is 4.72. The summed E-state index contributed by atoms with van der Waals surface area (Å²) in [5.41, 5.74) is 7.40. The van der Waals surface area contributed by atoms with Crippen LogP contribution < -0.4 is 10.5 Å². The number of nitrogens with one attached hydrogen (secondary N) is 1. The summed E-state index contributed by atoms with van der Waals surface area (Å²) in [5, 5.41) is 0. The van der Waals surface area contributed by atoms with Crippen LogP contribution in [0.3, 0.4) is 0 Å². The normalized spacial score (nSPS) is 23.1. The molecule has 2 unspecified atom stereocenters. The monoisotopic (exact) mass is 296 g/mol. The highest BCUT2D eigenvalue weighted by Crippen LogP contribution is 2.30. The zero-order chi connectivity index (χ0) is 14.8. The fraction of sp³-hybridized carbons (Fsp3) is 0.600. The van der Waals surface area contributed by atoms with Crippen molar-refractivity contribution in [3.05, 3.63) is 23.8 Å². The Hall–Kier alpha value is -1.07. The van der Waals surface area contributed by atoms with Crippen molar-refractivity contribution < 1.29 is 8.42 Å². The minimum absolute atomic E-state index is 0.262. The van der Waals surface area contributed by atoms with Crippen LogP contribution in [0.4, 0.5) is 5.69 Å². The molecule has 1 saturated carbocycles. The maximum Gasteiger partial charge on any atom is 0.240 e. The van der Waals surface area contributed by atoms with Crippen LogP contribution in [0.15, 0.2) is 23.1 Å². The fourth-order valence-corrected chi connectivity index (χ4v) is 4.02. The van der Waals surface area contributed by atoms with E-state index in [1.807, 2.05) is 6.92 Å². The molecule has 0 bridgehead atoms. The molecule has 0 saturated heterocycles. The lowest BCUT2D eigenvalue weighted by atomic mass is 9.99. The van der Waals surface area contributed by atoms with E-state index in [-0.39, 0.29) is 4.90 Å². The number of rotatable bonds is 5. The highest BCUT2D eigenvalue weighted by Gasteiger charge is 2.25. The Morgan fingerprint density at radius 3 is 2.65 bits per heavy atom. The van der Waals surface area contributed by atoms with Crippen LogP contribution in [0, 0.1) is 11.8 Å². The minimum Gasteiger partial charge on any atom is -0.398 e. The molecule has 112 valence electrons. The number of nitrogen functional groups attached to an aromatic ring is 1. The fourth-order valence-electron chi connectivity index (χ4n) is 2.89. The average Bonchev–Trinajstić information content (AvgIpc) is 2.82. The molecule has 1 aromatic carbocycles. The van der Waals surface area contributed by atoms with Crippen LogP contribution in [0.5, 0.6) is 0 Å². The van der Waals surface area contributed by atoms with Gasteiger partial charge in [-0.25, -0.2) is 13.1 Å². The van der Waals surface area contributed by atoms with Gasteiger partial charge in [-0.3, -0.25) is 0 Å². The first-order chi connectivity index (χ1) is 9.44. The van der Waals surface area contributed by atoms with Gasteiger partial charge in [0, 0.05) is 12.2 Å². The molecule has 3 N–H and O–H groups in total. The van der Waals surface area contributed by atoms with Crippen LogP contribution in [-0.4, -0.2) is 15.0 Å². The third-order valence-corrected chi connectivity index (χ3v) is 5.80. The Balaban J connectivity index is 2.08. The number of benzene rings is 1. The standard InChI is InChI=1S/C15H24N2O2S/c1-3-12-7-8-14(9-15(12)16)20(18,19)17-10-13-6-4-5-11(13)2/h7-9,11,13,17H,3-6,10,16H2,1-2H3. The second-order valence-corrected chi connectivity index (χ2v) is 7.50. The third kappa shape index (κ3) is 3.33. The van der Waals surface area contributed by atoms with Gasteiger partial charge in [0.15, 0.2) is 0 Å². The molecule has 0 spiro atoms. The molecule has 5 heteroatoms. The van der Waals surface area contributed by atoms with Crippen LogP contribution in [0.2, 0.25) is 0 Å². The Labute approximate surface area is 121 Å². The zero-order valence-electron chi connectivity index (χ0n) is 12.2. The van der Waals surface area contributed by atoms with E-state index < -0.39 is 10.0 Å². The van der Waals surface area contributed by atoms with Crippen molar-refractivity contribution in [2.24, 2.45) is 11.8 Å². The number of nitrogens with two attached hydrogens (primary N) is 1. The zero-order valence-corrected chi connectivity index (χ0v) is 13.0. The largest absolute Gasteiger partial charge is 0.398 e. The van der Waals surface area contributed by atoms with Crippen LogP contribution in [0.25, 0.3) is 0 Å².